The second kappa shape index (κ2) is 7.24. The molecule has 0 bridgehead atoms. The van der Waals surface area contributed by atoms with E-state index >= 15 is 0 Å². The summed E-state index contributed by atoms with van der Waals surface area (Å²) in [4.78, 5) is 16.7. The molecule has 6 nitrogen and oxygen atoms in total. The van der Waals surface area contributed by atoms with E-state index in [2.05, 4.69) is 41.2 Å². The fourth-order valence-corrected chi connectivity index (χ4v) is 2.88. The zero-order valence-corrected chi connectivity index (χ0v) is 15.7. The number of ether oxygens (including phenoxy) is 1. The number of benzene rings is 1. The molecular weight excluding hydrogens is 413 g/mol. The Morgan fingerprint density at radius 3 is 2.74 bits per heavy atom. The van der Waals surface area contributed by atoms with Crippen LogP contribution in [0.15, 0.2) is 59.7 Å². The number of aromatic nitrogens is 4. The summed E-state index contributed by atoms with van der Waals surface area (Å²) in [5.41, 5.74) is 3.10. The van der Waals surface area contributed by atoms with Crippen LogP contribution in [-0.2, 0) is 0 Å². The molecule has 0 unspecified atom stereocenters. The first kappa shape index (κ1) is 17.3. The van der Waals surface area contributed by atoms with E-state index in [-0.39, 0.29) is 0 Å². The molecule has 4 aromatic rings. The number of aryl methyl sites for hydroxylation is 1. The van der Waals surface area contributed by atoms with E-state index in [1.165, 1.54) is 18.6 Å². The van der Waals surface area contributed by atoms with Crippen LogP contribution in [0.2, 0.25) is 0 Å². The first-order valence-corrected chi connectivity index (χ1v) is 8.80. The van der Waals surface area contributed by atoms with Crippen molar-refractivity contribution >= 4 is 38.5 Å². The second-order valence-electron chi connectivity index (χ2n) is 5.79. The summed E-state index contributed by atoms with van der Waals surface area (Å²) in [6.45, 7) is 1.90. The second-order valence-corrected chi connectivity index (χ2v) is 6.71. The molecule has 8 heteroatoms. The summed E-state index contributed by atoms with van der Waals surface area (Å²) in [5.74, 6) is 1.12. The third-order valence-electron chi connectivity index (χ3n) is 3.79. The van der Waals surface area contributed by atoms with E-state index in [4.69, 9.17) is 4.74 Å². The van der Waals surface area contributed by atoms with Gasteiger partial charge in [0.25, 0.3) is 0 Å². The lowest BCUT2D eigenvalue weighted by Gasteiger charge is -2.12. The fourth-order valence-electron chi connectivity index (χ4n) is 2.56. The number of fused-ring (bicyclic) bond motifs is 1. The highest BCUT2D eigenvalue weighted by atomic mass is 79.9. The van der Waals surface area contributed by atoms with Gasteiger partial charge in [-0.15, -0.1) is 0 Å². The van der Waals surface area contributed by atoms with E-state index in [0.29, 0.717) is 22.8 Å². The maximum atomic E-state index is 13.3. The van der Waals surface area contributed by atoms with Gasteiger partial charge in [0, 0.05) is 22.4 Å². The first-order valence-electron chi connectivity index (χ1n) is 8.01. The lowest BCUT2D eigenvalue weighted by Crippen LogP contribution is -1.98. The van der Waals surface area contributed by atoms with Crippen molar-refractivity contribution in [3.05, 3.63) is 71.1 Å². The zero-order valence-electron chi connectivity index (χ0n) is 14.1. The molecule has 3 aromatic heterocycles. The van der Waals surface area contributed by atoms with Crippen LogP contribution in [0.3, 0.4) is 0 Å². The van der Waals surface area contributed by atoms with E-state index in [0.717, 1.165) is 27.4 Å². The molecule has 1 aromatic carbocycles. The van der Waals surface area contributed by atoms with Crippen LogP contribution in [0, 0.1) is 12.7 Å². The maximum absolute atomic E-state index is 13.3. The van der Waals surface area contributed by atoms with Crippen LogP contribution in [-0.4, -0.2) is 19.9 Å². The van der Waals surface area contributed by atoms with Gasteiger partial charge >= 0.3 is 0 Å². The van der Waals surface area contributed by atoms with Gasteiger partial charge in [-0.25, -0.2) is 19.3 Å². The first-order chi connectivity index (χ1) is 13.1. The molecule has 0 saturated carbocycles. The molecule has 1 N–H and O–H groups in total. The monoisotopic (exact) mass is 425 g/mol. The van der Waals surface area contributed by atoms with Gasteiger partial charge < -0.3 is 10.1 Å². The molecule has 0 radical (unpaired) electrons. The number of rotatable bonds is 4. The highest BCUT2D eigenvalue weighted by molar-refractivity contribution is 9.10. The Morgan fingerprint density at radius 1 is 1.04 bits per heavy atom. The highest BCUT2D eigenvalue weighted by Crippen LogP contribution is 2.29. The smallest absolute Gasteiger partial charge is 0.160 e. The number of anilines is 2. The van der Waals surface area contributed by atoms with Gasteiger partial charge in [-0.1, -0.05) is 0 Å². The summed E-state index contributed by atoms with van der Waals surface area (Å²) in [5, 5.41) is 3.25. The fraction of sp³-hybridized carbons (Fsp3) is 0.0526. The predicted octanol–water partition coefficient (Wildman–Crippen LogP) is 5.17. The van der Waals surface area contributed by atoms with E-state index in [1.807, 2.05) is 25.1 Å². The van der Waals surface area contributed by atoms with Crippen molar-refractivity contribution in [3.8, 4) is 11.5 Å². The van der Waals surface area contributed by atoms with Crippen LogP contribution in [0.25, 0.3) is 11.0 Å². The summed E-state index contributed by atoms with van der Waals surface area (Å²) in [6, 6.07) is 8.73. The van der Waals surface area contributed by atoms with Crippen LogP contribution >= 0.6 is 15.9 Å². The van der Waals surface area contributed by atoms with Gasteiger partial charge in [0.1, 0.15) is 29.2 Å². The standard InChI is InChI=1S/C19H13BrFN5O/c1-11-4-14(2-3-17(11)27-15-6-13(21)8-22-9-15)26-19-18-16(24-10-25-19)5-12(20)7-23-18/h2-10H,1H3,(H,24,25,26). The number of pyridine rings is 2. The molecule has 0 atom stereocenters. The number of nitrogens with zero attached hydrogens (tertiary/aromatic N) is 4. The largest absolute Gasteiger partial charge is 0.455 e. The van der Waals surface area contributed by atoms with Crippen LogP contribution in [0.1, 0.15) is 5.56 Å². The molecule has 0 aliphatic rings. The summed E-state index contributed by atoms with van der Waals surface area (Å²) in [6.07, 6.45) is 5.78. The Balaban J connectivity index is 1.60. The maximum Gasteiger partial charge on any atom is 0.160 e. The minimum Gasteiger partial charge on any atom is -0.455 e. The average molecular weight is 426 g/mol. The Bertz CT molecular complexity index is 1140. The number of halogens is 2. The van der Waals surface area contributed by atoms with Gasteiger partial charge in [0.05, 0.1) is 17.9 Å². The minimum atomic E-state index is -0.446. The molecule has 0 aliphatic carbocycles. The predicted molar refractivity (Wildman–Crippen MR) is 104 cm³/mol. The third-order valence-corrected chi connectivity index (χ3v) is 4.22. The minimum absolute atomic E-state index is 0.343. The van der Waals surface area contributed by atoms with Crippen molar-refractivity contribution < 1.29 is 9.13 Å². The molecule has 0 saturated heterocycles. The molecule has 4 rings (SSSR count). The van der Waals surface area contributed by atoms with Gasteiger partial charge in [0.2, 0.25) is 0 Å². The van der Waals surface area contributed by atoms with Crippen molar-refractivity contribution in [1.29, 1.82) is 0 Å². The van der Waals surface area contributed by atoms with E-state index in [9.17, 15) is 4.39 Å². The van der Waals surface area contributed by atoms with Crippen molar-refractivity contribution in [1.82, 2.24) is 19.9 Å². The van der Waals surface area contributed by atoms with Crippen LogP contribution < -0.4 is 10.1 Å². The van der Waals surface area contributed by atoms with Crippen molar-refractivity contribution in [2.24, 2.45) is 0 Å². The molecule has 0 spiro atoms. The Kier molecular flexibility index (Phi) is 4.64. The van der Waals surface area contributed by atoms with E-state index < -0.39 is 5.82 Å². The van der Waals surface area contributed by atoms with Crippen LogP contribution in [0.5, 0.6) is 11.5 Å². The third kappa shape index (κ3) is 3.85. The lowest BCUT2D eigenvalue weighted by molar-refractivity contribution is 0.470. The Labute approximate surface area is 162 Å². The van der Waals surface area contributed by atoms with Crippen molar-refractivity contribution in [2.45, 2.75) is 6.92 Å². The molecular formula is C19H13BrFN5O. The van der Waals surface area contributed by atoms with Crippen LogP contribution in [0.4, 0.5) is 15.9 Å². The average Bonchev–Trinajstić information content (AvgIpc) is 2.64. The van der Waals surface area contributed by atoms with Gasteiger partial charge in [0.15, 0.2) is 5.82 Å². The quantitative estimate of drug-likeness (QED) is 0.486. The van der Waals surface area contributed by atoms with E-state index in [1.54, 1.807) is 12.3 Å². The topological polar surface area (TPSA) is 72.8 Å². The summed E-state index contributed by atoms with van der Waals surface area (Å²) in [7, 11) is 0. The zero-order chi connectivity index (χ0) is 18.8. The Morgan fingerprint density at radius 2 is 1.93 bits per heavy atom. The SMILES string of the molecule is Cc1cc(Nc2ncnc3cc(Br)cnc23)ccc1Oc1cncc(F)c1. The molecule has 3 heterocycles. The normalized spacial score (nSPS) is 10.8. The number of nitrogens with one attached hydrogen (secondary N) is 1. The molecule has 0 aliphatic heterocycles. The van der Waals surface area contributed by atoms with Crippen molar-refractivity contribution in [2.75, 3.05) is 5.32 Å². The number of hydrogen-bond donors (Lipinski definition) is 1. The van der Waals surface area contributed by atoms with Crippen molar-refractivity contribution in [3.63, 3.8) is 0 Å². The summed E-state index contributed by atoms with van der Waals surface area (Å²) >= 11 is 3.39. The number of hydrogen-bond acceptors (Lipinski definition) is 6. The molecule has 27 heavy (non-hydrogen) atoms. The summed E-state index contributed by atoms with van der Waals surface area (Å²) < 4.78 is 19.8. The molecule has 0 amide bonds. The molecule has 134 valence electrons. The van der Waals surface area contributed by atoms with Gasteiger partial charge in [-0.3, -0.25) is 4.98 Å². The highest BCUT2D eigenvalue weighted by Gasteiger charge is 2.08. The Hall–Kier alpha value is -3.13. The lowest BCUT2D eigenvalue weighted by atomic mass is 10.2. The van der Waals surface area contributed by atoms with Gasteiger partial charge in [-0.2, -0.15) is 0 Å². The molecule has 0 fully saturated rings. The van der Waals surface area contributed by atoms with Gasteiger partial charge in [-0.05, 0) is 52.7 Å².